The zero-order valence-electron chi connectivity index (χ0n) is 16.0. The minimum Gasteiger partial charge on any atom is -0.494 e. The van der Waals surface area contributed by atoms with Gasteiger partial charge in [0.1, 0.15) is 19.0 Å². The Balaban J connectivity index is 1.33. The van der Waals surface area contributed by atoms with Gasteiger partial charge in [-0.3, -0.25) is 9.59 Å². The van der Waals surface area contributed by atoms with Gasteiger partial charge in [-0.2, -0.15) is 0 Å². The molecule has 1 aliphatic heterocycles. The third kappa shape index (κ3) is 6.29. The van der Waals surface area contributed by atoms with Crippen LogP contribution in [0.15, 0.2) is 36.4 Å². The molecule has 0 unspecified atom stereocenters. The summed E-state index contributed by atoms with van der Waals surface area (Å²) in [4.78, 5) is 23.8. The number of ether oxygens (including phenoxy) is 4. The summed E-state index contributed by atoms with van der Waals surface area (Å²) in [6.45, 7) is 2.86. The SMILES string of the molecule is Cc1cc(OCCCC(=O)OCC(=O)Nc2ccc3c(c2)OCCO3)ccc1Cl. The van der Waals surface area contributed by atoms with Crippen molar-refractivity contribution in [2.75, 3.05) is 31.7 Å². The lowest BCUT2D eigenvalue weighted by molar-refractivity contribution is -0.147. The van der Waals surface area contributed by atoms with Gasteiger partial charge in [-0.25, -0.2) is 0 Å². The minimum absolute atomic E-state index is 0.157. The van der Waals surface area contributed by atoms with E-state index < -0.39 is 11.9 Å². The molecule has 0 atom stereocenters. The fourth-order valence-electron chi connectivity index (χ4n) is 2.65. The average molecular weight is 420 g/mol. The van der Waals surface area contributed by atoms with Gasteiger partial charge in [0.25, 0.3) is 5.91 Å². The molecule has 0 saturated carbocycles. The Hall–Kier alpha value is -2.93. The fraction of sp³-hybridized carbons (Fsp3) is 0.333. The van der Waals surface area contributed by atoms with Crippen LogP contribution in [-0.2, 0) is 14.3 Å². The predicted molar refractivity (Wildman–Crippen MR) is 108 cm³/mol. The summed E-state index contributed by atoms with van der Waals surface area (Å²) in [5.74, 6) is 1.01. The third-order valence-electron chi connectivity index (χ3n) is 4.11. The molecule has 2 aromatic rings. The van der Waals surface area contributed by atoms with Crippen LogP contribution in [0.2, 0.25) is 5.02 Å². The maximum atomic E-state index is 12.0. The Kier molecular flexibility index (Phi) is 7.19. The lowest BCUT2D eigenvalue weighted by atomic mass is 10.2. The van der Waals surface area contributed by atoms with E-state index >= 15 is 0 Å². The first-order chi connectivity index (χ1) is 14.0. The van der Waals surface area contributed by atoms with Gasteiger partial charge in [0.05, 0.1) is 6.61 Å². The van der Waals surface area contributed by atoms with Crippen LogP contribution in [-0.4, -0.2) is 38.3 Å². The summed E-state index contributed by atoms with van der Waals surface area (Å²) in [7, 11) is 0. The van der Waals surface area contributed by atoms with E-state index in [0.29, 0.717) is 54.2 Å². The van der Waals surface area contributed by atoms with Gasteiger partial charge < -0.3 is 24.3 Å². The van der Waals surface area contributed by atoms with Crippen LogP contribution in [0.5, 0.6) is 17.2 Å². The third-order valence-corrected chi connectivity index (χ3v) is 4.54. The molecule has 1 N–H and O–H groups in total. The average Bonchev–Trinajstić information content (AvgIpc) is 2.72. The van der Waals surface area contributed by atoms with Gasteiger partial charge in [0.2, 0.25) is 0 Å². The van der Waals surface area contributed by atoms with Gasteiger partial charge in [0.15, 0.2) is 18.1 Å². The van der Waals surface area contributed by atoms with Gasteiger partial charge in [-0.05, 0) is 49.2 Å². The number of hydrogen-bond donors (Lipinski definition) is 1. The fourth-order valence-corrected chi connectivity index (χ4v) is 2.77. The Morgan fingerprint density at radius 2 is 1.90 bits per heavy atom. The van der Waals surface area contributed by atoms with Crippen LogP contribution in [0, 0.1) is 6.92 Å². The Morgan fingerprint density at radius 1 is 1.10 bits per heavy atom. The van der Waals surface area contributed by atoms with E-state index in [4.69, 9.17) is 30.5 Å². The van der Waals surface area contributed by atoms with E-state index in [1.54, 1.807) is 30.3 Å². The Labute approximate surface area is 173 Å². The maximum Gasteiger partial charge on any atom is 0.306 e. The number of nitrogens with one attached hydrogen (secondary N) is 1. The molecule has 7 nitrogen and oxygen atoms in total. The van der Waals surface area contributed by atoms with Gasteiger partial charge in [-0.1, -0.05) is 11.6 Å². The topological polar surface area (TPSA) is 83.1 Å². The number of amides is 1. The van der Waals surface area contributed by atoms with Crippen molar-refractivity contribution in [3.8, 4) is 17.2 Å². The highest BCUT2D eigenvalue weighted by Gasteiger charge is 2.13. The molecule has 1 aliphatic rings. The summed E-state index contributed by atoms with van der Waals surface area (Å²) in [6, 6.07) is 10.5. The molecule has 2 aromatic carbocycles. The number of rotatable bonds is 8. The van der Waals surface area contributed by atoms with Crippen molar-refractivity contribution >= 4 is 29.2 Å². The summed E-state index contributed by atoms with van der Waals surface area (Å²) < 4.78 is 21.5. The van der Waals surface area contributed by atoms with Crippen LogP contribution < -0.4 is 19.5 Å². The number of halogens is 1. The monoisotopic (exact) mass is 419 g/mol. The highest BCUT2D eigenvalue weighted by Crippen LogP contribution is 2.32. The van der Waals surface area contributed by atoms with Crippen molar-refractivity contribution in [3.63, 3.8) is 0 Å². The first kappa shape index (κ1) is 20.8. The second kappa shape index (κ2) is 10.0. The van der Waals surface area contributed by atoms with E-state index in [2.05, 4.69) is 5.32 Å². The molecule has 0 aliphatic carbocycles. The highest BCUT2D eigenvalue weighted by atomic mass is 35.5. The van der Waals surface area contributed by atoms with Crippen LogP contribution in [0.25, 0.3) is 0 Å². The zero-order chi connectivity index (χ0) is 20.6. The summed E-state index contributed by atoms with van der Waals surface area (Å²) in [6.07, 6.45) is 0.633. The molecular formula is C21H22ClNO6. The van der Waals surface area contributed by atoms with Crippen LogP contribution >= 0.6 is 11.6 Å². The van der Waals surface area contributed by atoms with Crippen LogP contribution in [0.1, 0.15) is 18.4 Å². The molecule has 29 heavy (non-hydrogen) atoms. The van der Waals surface area contributed by atoms with Gasteiger partial charge >= 0.3 is 5.97 Å². The van der Waals surface area contributed by atoms with Crippen molar-refractivity contribution in [2.24, 2.45) is 0 Å². The van der Waals surface area contributed by atoms with Crippen molar-refractivity contribution in [1.29, 1.82) is 0 Å². The number of aryl methyl sites for hydroxylation is 1. The van der Waals surface area contributed by atoms with Gasteiger partial charge in [-0.15, -0.1) is 0 Å². The van der Waals surface area contributed by atoms with E-state index in [9.17, 15) is 9.59 Å². The molecule has 8 heteroatoms. The largest absolute Gasteiger partial charge is 0.494 e. The summed E-state index contributed by atoms with van der Waals surface area (Å²) in [5.41, 5.74) is 1.47. The number of carbonyl (C=O) groups is 2. The Bertz CT molecular complexity index is 885. The molecular weight excluding hydrogens is 398 g/mol. The summed E-state index contributed by atoms with van der Waals surface area (Å²) >= 11 is 5.97. The molecule has 0 saturated heterocycles. The van der Waals surface area contributed by atoms with Gasteiger partial charge in [0, 0.05) is 23.2 Å². The lowest BCUT2D eigenvalue weighted by Gasteiger charge is -2.19. The van der Waals surface area contributed by atoms with Crippen molar-refractivity contribution in [3.05, 3.63) is 47.0 Å². The quantitative estimate of drug-likeness (QED) is 0.518. The molecule has 0 fully saturated rings. The van der Waals surface area contributed by atoms with Crippen LogP contribution in [0.4, 0.5) is 5.69 Å². The predicted octanol–water partition coefficient (Wildman–Crippen LogP) is 3.76. The number of esters is 1. The number of anilines is 1. The molecule has 1 heterocycles. The van der Waals surface area contributed by atoms with Crippen LogP contribution in [0.3, 0.4) is 0 Å². The van der Waals surface area contributed by atoms with E-state index in [0.717, 1.165) is 5.56 Å². The Morgan fingerprint density at radius 3 is 2.69 bits per heavy atom. The lowest BCUT2D eigenvalue weighted by Crippen LogP contribution is -2.21. The molecule has 0 aromatic heterocycles. The molecule has 154 valence electrons. The van der Waals surface area contributed by atoms with E-state index in [1.165, 1.54) is 0 Å². The highest BCUT2D eigenvalue weighted by molar-refractivity contribution is 6.31. The second-order valence-corrected chi connectivity index (χ2v) is 6.84. The molecule has 3 rings (SSSR count). The van der Waals surface area contributed by atoms with Crippen molar-refractivity contribution < 1.29 is 28.5 Å². The first-order valence-corrected chi connectivity index (χ1v) is 9.63. The van der Waals surface area contributed by atoms with E-state index in [1.807, 2.05) is 13.0 Å². The molecule has 0 bridgehead atoms. The zero-order valence-corrected chi connectivity index (χ0v) is 16.8. The number of fused-ring (bicyclic) bond motifs is 1. The maximum absolute atomic E-state index is 12.0. The number of carbonyl (C=O) groups excluding carboxylic acids is 2. The standard InChI is InChI=1S/C21H22ClNO6/c1-14-11-16(5-6-17(14)22)26-8-2-3-21(25)29-13-20(24)23-15-4-7-18-19(12-15)28-10-9-27-18/h4-7,11-12H,2-3,8-10,13H2,1H3,(H,23,24). The number of benzene rings is 2. The van der Waals surface area contributed by atoms with Crippen molar-refractivity contribution in [1.82, 2.24) is 0 Å². The minimum atomic E-state index is -0.460. The molecule has 1 amide bonds. The smallest absolute Gasteiger partial charge is 0.306 e. The molecule has 0 spiro atoms. The normalized spacial score (nSPS) is 12.2. The molecule has 0 radical (unpaired) electrons. The number of hydrogen-bond acceptors (Lipinski definition) is 6. The first-order valence-electron chi connectivity index (χ1n) is 9.25. The van der Waals surface area contributed by atoms with Crippen molar-refractivity contribution in [2.45, 2.75) is 19.8 Å². The second-order valence-electron chi connectivity index (χ2n) is 6.43. The van der Waals surface area contributed by atoms with E-state index in [-0.39, 0.29) is 13.0 Å². The summed E-state index contributed by atoms with van der Waals surface area (Å²) in [5, 5.41) is 3.34.